The highest BCUT2D eigenvalue weighted by atomic mass is 79.9. The molecule has 0 unspecified atom stereocenters. The van der Waals surface area contributed by atoms with Crippen molar-refractivity contribution in [3.8, 4) is 0 Å². The van der Waals surface area contributed by atoms with Crippen LogP contribution in [0.4, 0.5) is 17.1 Å². The number of aryl methyl sites for hydroxylation is 1. The number of nitrogen functional groups attached to an aromatic ring is 1. The zero-order chi connectivity index (χ0) is 18.8. The van der Waals surface area contributed by atoms with E-state index in [1.807, 2.05) is 24.3 Å². The predicted molar refractivity (Wildman–Crippen MR) is 113 cm³/mol. The van der Waals surface area contributed by atoms with Crippen molar-refractivity contribution < 1.29 is 4.79 Å². The minimum absolute atomic E-state index is 0.159. The Labute approximate surface area is 163 Å². The lowest BCUT2D eigenvalue weighted by atomic mass is 9.91. The molecule has 1 heterocycles. The predicted octanol–water partition coefficient (Wildman–Crippen LogP) is 5.07. The van der Waals surface area contributed by atoms with Crippen molar-refractivity contribution in [2.24, 2.45) is 11.8 Å². The summed E-state index contributed by atoms with van der Waals surface area (Å²) in [5.74, 6) is 1.17. The van der Waals surface area contributed by atoms with E-state index < -0.39 is 0 Å². The molecule has 2 aromatic carbocycles. The average Bonchev–Trinajstić information content (AvgIpc) is 2.56. The number of hydrogen-bond donors (Lipinski definition) is 2. The minimum atomic E-state index is -0.159. The van der Waals surface area contributed by atoms with E-state index in [0.717, 1.165) is 28.8 Å². The molecule has 2 aromatic rings. The van der Waals surface area contributed by atoms with Crippen LogP contribution in [0.25, 0.3) is 0 Å². The summed E-state index contributed by atoms with van der Waals surface area (Å²) in [4.78, 5) is 15.0. The molecule has 0 saturated carbocycles. The van der Waals surface area contributed by atoms with Crippen molar-refractivity contribution in [1.82, 2.24) is 0 Å². The molecule has 1 amide bonds. The van der Waals surface area contributed by atoms with Gasteiger partial charge in [-0.15, -0.1) is 0 Å². The number of carbonyl (C=O) groups is 1. The molecule has 0 spiro atoms. The summed E-state index contributed by atoms with van der Waals surface area (Å²) in [6, 6.07) is 11.3. The van der Waals surface area contributed by atoms with Crippen molar-refractivity contribution in [2.75, 3.05) is 29.0 Å². The lowest BCUT2D eigenvalue weighted by Crippen LogP contribution is -2.39. The van der Waals surface area contributed by atoms with Gasteiger partial charge in [0.15, 0.2) is 0 Å². The minimum Gasteiger partial charge on any atom is -0.397 e. The van der Waals surface area contributed by atoms with Crippen LogP contribution in [0.2, 0.25) is 0 Å². The summed E-state index contributed by atoms with van der Waals surface area (Å²) in [7, 11) is 0. The Kier molecular flexibility index (Phi) is 5.56. The van der Waals surface area contributed by atoms with Crippen LogP contribution in [0.3, 0.4) is 0 Å². The molecule has 5 heteroatoms. The van der Waals surface area contributed by atoms with Gasteiger partial charge < -0.3 is 16.0 Å². The van der Waals surface area contributed by atoms with E-state index in [1.54, 1.807) is 12.1 Å². The van der Waals surface area contributed by atoms with Crippen LogP contribution >= 0.6 is 15.9 Å². The number of nitrogens with one attached hydrogen (secondary N) is 1. The number of carbonyl (C=O) groups excluding carboxylic acids is 1. The average molecular weight is 416 g/mol. The highest BCUT2D eigenvalue weighted by Crippen LogP contribution is 2.33. The number of hydrogen-bond acceptors (Lipinski definition) is 3. The first-order valence-corrected chi connectivity index (χ1v) is 9.84. The molecule has 0 bridgehead atoms. The molecule has 1 aliphatic rings. The number of halogens is 1. The monoisotopic (exact) mass is 415 g/mol. The molecule has 4 nitrogen and oxygen atoms in total. The van der Waals surface area contributed by atoms with Crippen LogP contribution in [-0.4, -0.2) is 19.0 Å². The summed E-state index contributed by atoms with van der Waals surface area (Å²) >= 11 is 3.40. The van der Waals surface area contributed by atoms with Gasteiger partial charge in [0.05, 0.1) is 11.4 Å². The Bertz CT molecular complexity index is 811. The van der Waals surface area contributed by atoms with Gasteiger partial charge in [0.2, 0.25) is 0 Å². The number of anilines is 3. The van der Waals surface area contributed by atoms with Gasteiger partial charge in [0.25, 0.3) is 5.91 Å². The summed E-state index contributed by atoms with van der Waals surface area (Å²) in [6.45, 7) is 8.74. The topological polar surface area (TPSA) is 58.4 Å². The Morgan fingerprint density at radius 3 is 2.54 bits per heavy atom. The molecule has 1 fully saturated rings. The number of amides is 1. The molecule has 1 saturated heterocycles. The van der Waals surface area contributed by atoms with Crippen LogP contribution in [0.5, 0.6) is 0 Å². The van der Waals surface area contributed by atoms with Gasteiger partial charge in [-0.1, -0.05) is 35.8 Å². The van der Waals surface area contributed by atoms with Crippen molar-refractivity contribution in [2.45, 2.75) is 27.2 Å². The third-order valence-electron chi connectivity index (χ3n) is 4.91. The first-order valence-electron chi connectivity index (χ1n) is 9.05. The summed E-state index contributed by atoms with van der Waals surface area (Å²) in [5.41, 5.74) is 10.3. The first kappa shape index (κ1) is 18.8. The Morgan fingerprint density at radius 2 is 1.88 bits per heavy atom. The molecule has 2 atom stereocenters. The van der Waals surface area contributed by atoms with Crippen molar-refractivity contribution >= 4 is 38.9 Å². The van der Waals surface area contributed by atoms with E-state index in [2.05, 4.69) is 46.9 Å². The van der Waals surface area contributed by atoms with Crippen LogP contribution in [0, 0.1) is 18.8 Å². The number of nitrogens with two attached hydrogens (primary N) is 1. The van der Waals surface area contributed by atoms with Crippen molar-refractivity contribution in [1.29, 1.82) is 0 Å². The van der Waals surface area contributed by atoms with Crippen molar-refractivity contribution in [3.63, 3.8) is 0 Å². The SMILES string of the molecule is Cc1cc(N)c(NC(=O)c2cccc(Br)c2)cc1N1C[C@H](C)C[C@H](C)C1. The molecule has 138 valence electrons. The third-order valence-corrected chi connectivity index (χ3v) is 5.41. The lowest BCUT2D eigenvalue weighted by Gasteiger charge is -2.37. The zero-order valence-electron chi connectivity index (χ0n) is 15.6. The molecule has 3 rings (SSSR count). The third kappa shape index (κ3) is 4.21. The van der Waals surface area contributed by atoms with E-state index in [-0.39, 0.29) is 5.91 Å². The molecule has 3 N–H and O–H groups in total. The standard InChI is InChI=1S/C21H26BrN3O/c1-13-7-14(2)12-25(11-13)20-10-19(18(23)8-15(20)3)24-21(26)16-5-4-6-17(22)9-16/h4-6,8-10,13-14H,7,11-12,23H2,1-3H3,(H,24,26)/t13-,14+. The summed E-state index contributed by atoms with van der Waals surface area (Å²) in [6.07, 6.45) is 1.26. The van der Waals surface area contributed by atoms with Gasteiger partial charge in [-0.05, 0) is 61.1 Å². The Balaban J connectivity index is 1.87. The molecule has 0 aromatic heterocycles. The van der Waals surface area contributed by atoms with Crippen molar-refractivity contribution in [3.05, 3.63) is 52.0 Å². The van der Waals surface area contributed by atoms with Gasteiger partial charge in [-0.2, -0.15) is 0 Å². The molecule has 1 aliphatic heterocycles. The molecular formula is C21H26BrN3O. The second kappa shape index (κ2) is 7.70. The van der Waals surface area contributed by atoms with Gasteiger partial charge in [-0.3, -0.25) is 4.79 Å². The summed E-state index contributed by atoms with van der Waals surface area (Å²) < 4.78 is 0.874. The quantitative estimate of drug-likeness (QED) is 0.687. The fraction of sp³-hybridized carbons (Fsp3) is 0.381. The number of benzene rings is 2. The Morgan fingerprint density at radius 1 is 1.19 bits per heavy atom. The second-order valence-electron chi connectivity index (χ2n) is 7.54. The van der Waals surface area contributed by atoms with E-state index in [1.165, 1.54) is 6.42 Å². The van der Waals surface area contributed by atoms with E-state index in [4.69, 9.17) is 5.73 Å². The van der Waals surface area contributed by atoms with Crippen LogP contribution in [0.15, 0.2) is 40.9 Å². The smallest absolute Gasteiger partial charge is 0.255 e. The zero-order valence-corrected chi connectivity index (χ0v) is 17.1. The van der Waals surface area contributed by atoms with E-state index in [0.29, 0.717) is 28.8 Å². The fourth-order valence-corrected chi connectivity index (χ4v) is 4.25. The van der Waals surface area contributed by atoms with E-state index in [9.17, 15) is 4.79 Å². The molecule has 26 heavy (non-hydrogen) atoms. The maximum atomic E-state index is 12.6. The number of piperidine rings is 1. The van der Waals surface area contributed by atoms with Gasteiger partial charge in [0.1, 0.15) is 0 Å². The van der Waals surface area contributed by atoms with Crippen LogP contribution in [0.1, 0.15) is 36.2 Å². The first-order chi connectivity index (χ1) is 12.3. The number of rotatable bonds is 3. The lowest BCUT2D eigenvalue weighted by molar-refractivity contribution is 0.102. The molecule has 0 aliphatic carbocycles. The fourth-order valence-electron chi connectivity index (χ4n) is 3.85. The van der Waals surface area contributed by atoms with Gasteiger partial charge in [-0.25, -0.2) is 0 Å². The van der Waals surface area contributed by atoms with Crippen LogP contribution < -0.4 is 16.0 Å². The van der Waals surface area contributed by atoms with Crippen LogP contribution in [-0.2, 0) is 0 Å². The normalized spacial score (nSPS) is 20.1. The molecule has 0 radical (unpaired) electrons. The highest BCUT2D eigenvalue weighted by molar-refractivity contribution is 9.10. The largest absolute Gasteiger partial charge is 0.397 e. The summed E-state index contributed by atoms with van der Waals surface area (Å²) in [5, 5.41) is 2.97. The maximum Gasteiger partial charge on any atom is 0.255 e. The second-order valence-corrected chi connectivity index (χ2v) is 8.46. The van der Waals surface area contributed by atoms with E-state index >= 15 is 0 Å². The Hall–Kier alpha value is -2.01. The van der Waals surface area contributed by atoms with Gasteiger partial charge >= 0.3 is 0 Å². The molecular weight excluding hydrogens is 390 g/mol. The van der Waals surface area contributed by atoms with Gasteiger partial charge in [0, 0.05) is 28.8 Å². The maximum absolute atomic E-state index is 12.6. The highest BCUT2D eigenvalue weighted by Gasteiger charge is 2.24. The number of nitrogens with zero attached hydrogens (tertiary/aromatic N) is 1.